The summed E-state index contributed by atoms with van der Waals surface area (Å²) in [7, 11) is 0. The van der Waals surface area contributed by atoms with Crippen molar-refractivity contribution in [3.63, 3.8) is 0 Å². The van der Waals surface area contributed by atoms with Crippen LogP contribution >= 0.6 is 0 Å². The fourth-order valence-electron chi connectivity index (χ4n) is 5.04. The van der Waals surface area contributed by atoms with E-state index in [0.29, 0.717) is 17.5 Å². The molecule has 0 bridgehead atoms. The number of hydrogen-bond donors (Lipinski definition) is 0. The maximum absolute atomic E-state index is 4.89. The summed E-state index contributed by atoms with van der Waals surface area (Å²) in [5, 5.41) is 0. The molecule has 5 aromatic carbocycles. The number of hydrogen-bond acceptors (Lipinski definition) is 4. The second-order valence-corrected chi connectivity index (χ2v) is 10.0. The van der Waals surface area contributed by atoms with Crippen molar-refractivity contribution in [2.45, 2.75) is 0 Å². The van der Waals surface area contributed by atoms with E-state index in [0.717, 1.165) is 44.5 Å². The number of benzene rings is 5. The molecule has 0 saturated carbocycles. The zero-order chi connectivity index (χ0) is 28.1. The molecule has 4 nitrogen and oxygen atoms in total. The maximum atomic E-state index is 4.89. The Balaban J connectivity index is 1.23. The summed E-state index contributed by atoms with van der Waals surface area (Å²) >= 11 is 0. The Bertz CT molecular complexity index is 1900. The molecule has 0 spiro atoms. The molecule has 0 fully saturated rings. The van der Waals surface area contributed by atoms with Crippen LogP contribution in [0.1, 0.15) is 0 Å². The maximum Gasteiger partial charge on any atom is 0.164 e. The highest BCUT2D eigenvalue weighted by Crippen LogP contribution is 2.31. The van der Waals surface area contributed by atoms with Crippen LogP contribution in [-0.4, -0.2) is 19.9 Å². The molecule has 0 aliphatic rings. The van der Waals surface area contributed by atoms with Gasteiger partial charge in [-0.25, -0.2) is 15.0 Å². The molecule has 0 saturated heterocycles. The summed E-state index contributed by atoms with van der Waals surface area (Å²) in [4.78, 5) is 18.9. The quantitative estimate of drug-likeness (QED) is 0.212. The predicted molar refractivity (Wildman–Crippen MR) is 170 cm³/mol. The minimum Gasteiger partial charge on any atom is -0.264 e. The Kier molecular flexibility index (Phi) is 6.85. The van der Waals surface area contributed by atoms with E-state index in [4.69, 9.17) is 15.0 Å². The summed E-state index contributed by atoms with van der Waals surface area (Å²) < 4.78 is 0. The highest BCUT2D eigenvalue weighted by atomic mass is 15.0. The Morgan fingerprint density at radius 3 is 1.19 bits per heavy atom. The second kappa shape index (κ2) is 11.4. The first-order chi connectivity index (χ1) is 20.8. The van der Waals surface area contributed by atoms with E-state index in [1.54, 1.807) is 6.20 Å². The lowest BCUT2D eigenvalue weighted by atomic mass is 9.97. The molecule has 0 N–H and O–H groups in total. The number of aromatic nitrogens is 4. The first-order valence-electron chi connectivity index (χ1n) is 13.9. The average Bonchev–Trinajstić information content (AvgIpc) is 3.09. The molecule has 2 heterocycles. The van der Waals surface area contributed by atoms with Crippen molar-refractivity contribution in [2.24, 2.45) is 0 Å². The van der Waals surface area contributed by atoms with E-state index in [2.05, 4.69) is 83.8 Å². The summed E-state index contributed by atoms with van der Waals surface area (Å²) in [6.07, 6.45) is 3.69. The summed E-state index contributed by atoms with van der Waals surface area (Å²) in [6.45, 7) is 0. The molecule has 7 aromatic rings. The average molecular weight is 539 g/mol. The topological polar surface area (TPSA) is 51.6 Å². The van der Waals surface area contributed by atoms with Gasteiger partial charge in [-0.05, 0) is 46.0 Å². The summed E-state index contributed by atoms with van der Waals surface area (Å²) in [5.41, 5.74) is 9.68. The molecule has 0 atom stereocenters. The van der Waals surface area contributed by atoms with Gasteiger partial charge in [-0.1, -0.05) is 127 Å². The van der Waals surface area contributed by atoms with Gasteiger partial charge in [0, 0.05) is 34.6 Å². The third-order valence-electron chi connectivity index (χ3n) is 7.23. The van der Waals surface area contributed by atoms with E-state index >= 15 is 0 Å². The van der Waals surface area contributed by atoms with E-state index in [1.165, 1.54) is 5.56 Å². The van der Waals surface area contributed by atoms with Crippen molar-refractivity contribution in [1.82, 2.24) is 19.9 Å². The smallest absolute Gasteiger partial charge is 0.164 e. The standard InChI is InChI=1S/C38H26N4/c1-3-10-29(11-4-1)36-40-37(30-12-5-2-6-13-30)42-38(41-36)34-17-8-15-32(25-34)28-21-19-27(20-22-28)31-14-7-16-33(24-31)35-18-9-23-39-26-35/h1-26H. The van der Waals surface area contributed by atoms with Crippen LogP contribution in [0.4, 0.5) is 0 Å². The number of nitrogens with zero attached hydrogens (tertiary/aromatic N) is 4. The van der Waals surface area contributed by atoms with Gasteiger partial charge < -0.3 is 0 Å². The van der Waals surface area contributed by atoms with Gasteiger partial charge in [-0.15, -0.1) is 0 Å². The Hall–Kier alpha value is -5.74. The van der Waals surface area contributed by atoms with E-state index in [1.807, 2.05) is 72.9 Å². The van der Waals surface area contributed by atoms with Crippen molar-refractivity contribution >= 4 is 0 Å². The van der Waals surface area contributed by atoms with Gasteiger partial charge in [0.05, 0.1) is 0 Å². The zero-order valence-corrected chi connectivity index (χ0v) is 22.8. The zero-order valence-electron chi connectivity index (χ0n) is 22.8. The Morgan fingerprint density at radius 1 is 0.286 bits per heavy atom. The molecule has 0 aliphatic heterocycles. The lowest BCUT2D eigenvalue weighted by Gasteiger charge is -2.10. The van der Waals surface area contributed by atoms with Crippen LogP contribution in [0, 0.1) is 0 Å². The van der Waals surface area contributed by atoms with Crippen molar-refractivity contribution in [3.05, 3.63) is 158 Å². The van der Waals surface area contributed by atoms with Crippen LogP contribution < -0.4 is 0 Å². The normalized spacial score (nSPS) is 10.9. The monoisotopic (exact) mass is 538 g/mol. The fourth-order valence-corrected chi connectivity index (χ4v) is 5.04. The van der Waals surface area contributed by atoms with Crippen molar-refractivity contribution in [3.8, 4) is 67.5 Å². The lowest BCUT2D eigenvalue weighted by molar-refractivity contribution is 1.07. The fraction of sp³-hybridized carbons (Fsp3) is 0. The molecular weight excluding hydrogens is 512 g/mol. The van der Waals surface area contributed by atoms with Gasteiger partial charge in [0.25, 0.3) is 0 Å². The van der Waals surface area contributed by atoms with Gasteiger partial charge in [-0.3, -0.25) is 4.98 Å². The van der Waals surface area contributed by atoms with E-state index in [9.17, 15) is 0 Å². The van der Waals surface area contributed by atoms with Gasteiger partial charge in [-0.2, -0.15) is 0 Å². The molecule has 42 heavy (non-hydrogen) atoms. The Morgan fingerprint density at radius 2 is 0.690 bits per heavy atom. The number of rotatable bonds is 6. The van der Waals surface area contributed by atoms with E-state index in [-0.39, 0.29) is 0 Å². The minimum absolute atomic E-state index is 0.647. The first kappa shape index (κ1) is 25.2. The van der Waals surface area contributed by atoms with Gasteiger partial charge >= 0.3 is 0 Å². The number of pyridine rings is 1. The second-order valence-electron chi connectivity index (χ2n) is 10.0. The summed E-state index contributed by atoms with van der Waals surface area (Å²) in [6, 6.07) is 49.8. The molecule has 7 rings (SSSR count). The molecule has 4 heteroatoms. The highest BCUT2D eigenvalue weighted by molar-refractivity contribution is 5.77. The SMILES string of the molecule is c1ccc(-c2nc(-c3ccccc3)nc(-c3cccc(-c4ccc(-c5cccc(-c6cccnc6)c5)cc4)c3)n2)cc1. The van der Waals surface area contributed by atoms with Crippen molar-refractivity contribution in [2.75, 3.05) is 0 Å². The highest BCUT2D eigenvalue weighted by Gasteiger charge is 2.13. The van der Waals surface area contributed by atoms with Gasteiger partial charge in [0.2, 0.25) is 0 Å². The third-order valence-corrected chi connectivity index (χ3v) is 7.23. The first-order valence-corrected chi connectivity index (χ1v) is 13.9. The molecule has 2 aromatic heterocycles. The molecule has 198 valence electrons. The molecule has 0 unspecified atom stereocenters. The van der Waals surface area contributed by atoms with Crippen LogP contribution in [0.3, 0.4) is 0 Å². The molecular formula is C38H26N4. The van der Waals surface area contributed by atoms with Gasteiger partial charge in [0.1, 0.15) is 0 Å². The van der Waals surface area contributed by atoms with Gasteiger partial charge in [0.15, 0.2) is 17.5 Å². The van der Waals surface area contributed by atoms with E-state index < -0.39 is 0 Å². The van der Waals surface area contributed by atoms with Crippen molar-refractivity contribution in [1.29, 1.82) is 0 Å². The van der Waals surface area contributed by atoms with Crippen molar-refractivity contribution < 1.29 is 0 Å². The largest absolute Gasteiger partial charge is 0.264 e. The summed E-state index contributed by atoms with van der Waals surface area (Å²) in [5.74, 6) is 1.96. The third kappa shape index (κ3) is 5.34. The van der Waals surface area contributed by atoms with Crippen LogP contribution in [0.15, 0.2) is 158 Å². The molecule has 0 amide bonds. The molecule has 0 aliphatic carbocycles. The van der Waals surface area contributed by atoms with Crippen LogP contribution in [0.5, 0.6) is 0 Å². The Labute approximate surface area is 245 Å². The van der Waals surface area contributed by atoms with Crippen LogP contribution in [0.2, 0.25) is 0 Å². The minimum atomic E-state index is 0.647. The van der Waals surface area contributed by atoms with Crippen LogP contribution in [-0.2, 0) is 0 Å². The predicted octanol–water partition coefficient (Wildman–Crippen LogP) is 9.27. The lowest BCUT2D eigenvalue weighted by Crippen LogP contribution is -2.00. The molecule has 0 radical (unpaired) electrons. The van der Waals surface area contributed by atoms with Crippen LogP contribution in [0.25, 0.3) is 67.5 Å².